The maximum Gasteiger partial charge on any atom is 0.339 e. The third kappa shape index (κ3) is 4.27. The molecule has 0 unspecified atom stereocenters. The molecule has 0 fully saturated rings. The summed E-state index contributed by atoms with van der Waals surface area (Å²) < 4.78 is 31.2. The topological polar surface area (TPSA) is 110 Å². The molecule has 21 heavy (non-hydrogen) atoms. The standard InChI is InChI=1S/C13H17NO6S/c1-3-6-10(12(15)16)14-21(18,19)11-8-5-4-7-9(11)13(17)20-2/h4-5,7-8,10,14H,3,6H2,1-2H3,(H,15,16)/t10-/m1/s1. The van der Waals surface area contributed by atoms with E-state index >= 15 is 0 Å². The summed E-state index contributed by atoms with van der Waals surface area (Å²) in [6.07, 6.45) is 0.646. The average Bonchev–Trinajstić information content (AvgIpc) is 2.45. The molecule has 0 bridgehead atoms. The van der Waals surface area contributed by atoms with Gasteiger partial charge in [0.1, 0.15) is 6.04 Å². The van der Waals surface area contributed by atoms with E-state index in [0.717, 1.165) is 7.11 Å². The number of ether oxygens (including phenoxy) is 1. The van der Waals surface area contributed by atoms with Gasteiger partial charge in [-0.15, -0.1) is 0 Å². The van der Waals surface area contributed by atoms with Crippen LogP contribution in [0.2, 0.25) is 0 Å². The van der Waals surface area contributed by atoms with Crippen molar-refractivity contribution in [3.05, 3.63) is 29.8 Å². The van der Waals surface area contributed by atoms with Crippen molar-refractivity contribution in [3.63, 3.8) is 0 Å². The second kappa shape index (κ2) is 7.19. The Morgan fingerprint density at radius 3 is 2.48 bits per heavy atom. The molecule has 0 aliphatic rings. The van der Waals surface area contributed by atoms with Crippen LogP contribution in [0, 0.1) is 0 Å². The Kier molecular flexibility index (Phi) is 5.86. The highest BCUT2D eigenvalue weighted by molar-refractivity contribution is 7.89. The molecule has 116 valence electrons. The van der Waals surface area contributed by atoms with Crippen molar-refractivity contribution < 1.29 is 27.9 Å². The van der Waals surface area contributed by atoms with Crippen LogP contribution in [0.5, 0.6) is 0 Å². The zero-order valence-electron chi connectivity index (χ0n) is 11.7. The van der Waals surface area contributed by atoms with Crippen LogP contribution in [0.15, 0.2) is 29.2 Å². The van der Waals surface area contributed by atoms with Gasteiger partial charge in [-0.1, -0.05) is 25.5 Å². The number of carbonyl (C=O) groups excluding carboxylic acids is 1. The first-order chi connectivity index (χ1) is 9.83. The highest BCUT2D eigenvalue weighted by Crippen LogP contribution is 2.17. The van der Waals surface area contributed by atoms with Crippen LogP contribution in [0.1, 0.15) is 30.1 Å². The molecular formula is C13H17NO6S. The van der Waals surface area contributed by atoms with Crippen molar-refractivity contribution in [1.29, 1.82) is 0 Å². The smallest absolute Gasteiger partial charge is 0.339 e. The number of carbonyl (C=O) groups is 2. The van der Waals surface area contributed by atoms with E-state index in [9.17, 15) is 18.0 Å². The molecule has 0 aromatic heterocycles. The number of carboxylic acid groups (broad SMARTS) is 1. The molecule has 0 aliphatic heterocycles. The maximum absolute atomic E-state index is 12.3. The van der Waals surface area contributed by atoms with E-state index in [2.05, 4.69) is 9.46 Å². The Hall–Kier alpha value is -1.93. The van der Waals surface area contributed by atoms with Crippen molar-refractivity contribution in [2.75, 3.05) is 7.11 Å². The SMILES string of the molecule is CCC[C@@H](NS(=O)(=O)c1ccccc1C(=O)OC)C(=O)O. The predicted octanol–water partition coefficient (Wildman–Crippen LogP) is 1.00. The first-order valence-electron chi connectivity index (χ1n) is 6.26. The van der Waals surface area contributed by atoms with Crippen molar-refractivity contribution in [3.8, 4) is 0 Å². The number of hydrogen-bond acceptors (Lipinski definition) is 5. The molecule has 0 radical (unpaired) electrons. The summed E-state index contributed by atoms with van der Waals surface area (Å²) >= 11 is 0. The number of hydrogen-bond donors (Lipinski definition) is 2. The number of sulfonamides is 1. The molecule has 0 saturated heterocycles. The molecule has 1 aromatic rings. The van der Waals surface area contributed by atoms with E-state index in [1.54, 1.807) is 6.92 Å². The van der Waals surface area contributed by atoms with Gasteiger partial charge in [-0.2, -0.15) is 4.72 Å². The van der Waals surface area contributed by atoms with E-state index in [0.29, 0.717) is 6.42 Å². The van der Waals surface area contributed by atoms with Crippen molar-refractivity contribution in [2.24, 2.45) is 0 Å². The monoisotopic (exact) mass is 315 g/mol. The van der Waals surface area contributed by atoms with Gasteiger partial charge in [0.15, 0.2) is 0 Å². The van der Waals surface area contributed by atoms with Crippen LogP contribution in [0.4, 0.5) is 0 Å². The normalized spacial score (nSPS) is 12.7. The fourth-order valence-corrected chi connectivity index (χ4v) is 3.17. The van der Waals surface area contributed by atoms with Crippen molar-refractivity contribution in [2.45, 2.75) is 30.7 Å². The number of aliphatic carboxylic acids is 1. The number of rotatable bonds is 7. The van der Waals surface area contributed by atoms with Gasteiger partial charge in [-0.05, 0) is 18.6 Å². The number of methoxy groups -OCH3 is 1. The van der Waals surface area contributed by atoms with Gasteiger partial charge in [0.05, 0.1) is 17.6 Å². The lowest BCUT2D eigenvalue weighted by Crippen LogP contribution is -2.41. The van der Waals surface area contributed by atoms with Gasteiger partial charge in [0, 0.05) is 0 Å². The van der Waals surface area contributed by atoms with Crippen molar-refractivity contribution >= 4 is 22.0 Å². The molecule has 0 spiro atoms. The number of carboxylic acids is 1. The molecule has 8 heteroatoms. The Bertz CT molecular complexity index is 625. The fraction of sp³-hybridized carbons (Fsp3) is 0.385. The lowest BCUT2D eigenvalue weighted by Gasteiger charge is -2.15. The molecule has 2 N–H and O–H groups in total. The van der Waals surface area contributed by atoms with Gasteiger partial charge >= 0.3 is 11.9 Å². The molecule has 1 atom stereocenters. The third-order valence-electron chi connectivity index (χ3n) is 2.75. The molecule has 7 nitrogen and oxygen atoms in total. The van der Waals surface area contributed by atoms with Gasteiger partial charge in [-0.25, -0.2) is 13.2 Å². The van der Waals surface area contributed by atoms with E-state index in [-0.39, 0.29) is 16.9 Å². The van der Waals surface area contributed by atoms with E-state index in [4.69, 9.17) is 5.11 Å². The van der Waals surface area contributed by atoms with Gasteiger partial charge in [0.2, 0.25) is 10.0 Å². The van der Waals surface area contributed by atoms with Gasteiger partial charge in [-0.3, -0.25) is 4.79 Å². The number of esters is 1. The van der Waals surface area contributed by atoms with E-state index in [1.165, 1.54) is 24.3 Å². The first kappa shape index (κ1) is 17.1. The van der Waals surface area contributed by atoms with Crippen LogP contribution in [0.25, 0.3) is 0 Å². The Morgan fingerprint density at radius 2 is 1.95 bits per heavy atom. The zero-order chi connectivity index (χ0) is 16.0. The van der Waals surface area contributed by atoms with Crippen LogP contribution < -0.4 is 4.72 Å². The molecule has 0 amide bonds. The summed E-state index contributed by atoms with van der Waals surface area (Å²) in [5, 5.41) is 9.02. The molecular weight excluding hydrogens is 298 g/mol. The minimum absolute atomic E-state index is 0.145. The Balaban J connectivity index is 3.19. The minimum atomic E-state index is -4.14. The Morgan fingerprint density at radius 1 is 1.33 bits per heavy atom. The molecule has 1 rings (SSSR count). The second-order valence-corrected chi connectivity index (χ2v) is 5.97. The van der Waals surface area contributed by atoms with Crippen LogP contribution in [-0.4, -0.2) is 38.6 Å². The predicted molar refractivity (Wildman–Crippen MR) is 74.4 cm³/mol. The largest absolute Gasteiger partial charge is 0.480 e. The lowest BCUT2D eigenvalue weighted by molar-refractivity contribution is -0.139. The quantitative estimate of drug-likeness (QED) is 0.727. The van der Waals surface area contributed by atoms with Crippen LogP contribution in [-0.2, 0) is 19.6 Å². The van der Waals surface area contributed by atoms with E-state index in [1.807, 2.05) is 0 Å². The second-order valence-electron chi connectivity index (χ2n) is 4.29. The summed E-state index contributed by atoms with van der Waals surface area (Å²) in [6, 6.07) is 4.21. The fourth-order valence-electron chi connectivity index (χ4n) is 1.75. The summed E-state index contributed by atoms with van der Waals surface area (Å²) in [4.78, 5) is 22.3. The zero-order valence-corrected chi connectivity index (χ0v) is 12.5. The summed E-state index contributed by atoms with van der Waals surface area (Å²) in [5.74, 6) is -2.07. The minimum Gasteiger partial charge on any atom is -0.480 e. The van der Waals surface area contributed by atoms with Crippen LogP contribution >= 0.6 is 0 Å². The maximum atomic E-state index is 12.3. The summed E-state index contributed by atoms with van der Waals surface area (Å²) in [6.45, 7) is 1.74. The highest BCUT2D eigenvalue weighted by Gasteiger charge is 2.28. The number of benzene rings is 1. The molecule has 1 aromatic carbocycles. The molecule has 0 heterocycles. The molecule has 0 aliphatic carbocycles. The molecule has 0 saturated carbocycles. The Labute approximate surface area is 123 Å². The van der Waals surface area contributed by atoms with Gasteiger partial charge in [0.25, 0.3) is 0 Å². The van der Waals surface area contributed by atoms with Gasteiger partial charge < -0.3 is 9.84 Å². The summed E-state index contributed by atoms with van der Waals surface area (Å²) in [5.41, 5.74) is -0.145. The van der Waals surface area contributed by atoms with Crippen molar-refractivity contribution in [1.82, 2.24) is 4.72 Å². The first-order valence-corrected chi connectivity index (χ1v) is 7.74. The lowest BCUT2D eigenvalue weighted by atomic mass is 10.2. The average molecular weight is 315 g/mol. The highest BCUT2D eigenvalue weighted by atomic mass is 32.2. The number of nitrogens with one attached hydrogen (secondary N) is 1. The summed E-state index contributed by atoms with van der Waals surface area (Å²) in [7, 11) is -3.01. The van der Waals surface area contributed by atoms with E-state index < -0.39 is 28.0 Å². The third-order valence-corrected chi connectivity index (χ3v) is 4.28. The van der Waals surface area contributed by atoms with Crippen LogP contribution in [0.3, 0.4) is 0 Å².